The molecule has 1 aliphatic rings. The molecule has 130 valence electrons. The first-order chi connectivity index (χ1) is 12.1. The van der Waals surface area contributed by atoms with E-state index in [0.29, 0.717) is 12.3 Å². The SMILES string of the molecule is COc1cc2c(cc1OC)C(/C=C/c1ccccc1)N(C(C)=O)CC2. The smallest absolute Gasteiger partial charge is 0.220 e. The van der Waals surface area contributed by atoms with Crippen LogP contribution in [-0.2, 0) is 11.2 Å². The van der Waals surface area contributed by atoms with Gasteiger partial charge in [-0.15, -0.1) is 0 Å². The van der Waals surface area contributed by atoms with Crippen LogP contribution in [0.15, 0.2) is 48.5 Å². The van der Waals surface area contributed by atoms with E-state index in [0.717, 1.165) is 23.3 Å². The lowest BCUT2D eigenvalue weighted by Gasteiger charge is -2.35. The highest BCUT2D eigenvalue weighted by molar-refractivity contribution is 5.75. The summed E-state index contributed by atoms with van der Waals surface area (Å²) in [5, 5.41) is 0. The molecular formula is C21H23NO3. The van der Waals surface area contributed by atoms with Gasteiger partial charge < -0.3 is 14.4 Å². The number of hydrogen-bond donors (Lipinski definition) is 0. The highest BCUT2D eigenvalue weighted by Gasteiger charge is 2.28. The number of benzene rings is 2. The number of methoxy groups -OCH3 is 2. The monoisotopic (exact) mass is 337 g/mol. The van der Waals surface area contributed by atoms with Crippen molar-refractivity contribution in [2.24, 2.45) is 0 Å². The number of amides is 1. The Bertz CT molecular complexity index is 783. The molecule has 1 atom stereocenters. The first kappa shape index (κ1) is 17.1. The maximum absolute atomic E-state index is 12.1. The Hall–Kier alpha value is -2.75. The topological polar surface area (TPSA) is 38.8 Å². The molecule has 0 aliphatic carbocycles. The lowest BCUT2D eigenvalue weighted by molar-refractivity contribution is -0.130. The van der Waals surface area contributed by atoms with E-state index in [1.54, 1.807) is 21.1 Å². The second-order valence-electron chi connectivity index (χ2n) is 6.08. The number of rotatable bonds is 4. The van der Waals surface area contributed by atoms with Gasteiger partial charge in [0.15, 0.2) is 11.5 Å². The fourth-order valence-corrected chi connectivity index (χ4v) is 3.30. The molecule has 0 radical (unpaired) electrons. The highest BCUT2D eigenvalue weighted by atomic mass is 16.5. The summed E-state index contributed by atoms with van der Waals surface area (Å²) >= 11 is 0. The molecule has 1 amide bonds. The van der Waals surface area contributed by atoms with Crippen molar-refractivity contribution in [3.63, 3.8) is 0 Å². The van der Waals surface area contributed by atoms with Crippen molar-refractivity contribution in [1.29, 1.82) is 0 Å². The molecule has 2 aromatic carbocycles. The van der Waals surface area contributed by atoms with Gasteiger partial charge in [-0.3, -0.25) is 4.79 Å². The van der Waals surface area contributed by atoms with E-state index in [1.807, 2.05) is 47.4 Å². The van der Waals surface area contributed by atoms with E-state index in [2.05, 4.69) is 12.2 Å². The average molecular weight is 337 g/mol. The third-order valence-electron chi connectivity index (χ3n) is 4.60. The van der Waals surface area contributed by atoms with Gasteiger partial charge in [-0.25, -0.2) is 0 Å². The third kappa shape index (κ3) is 3.53. The minimum atomic E-state index is -0.110. The first-order valence-electron chi connectivity index (χ1n) is 8.39. The fraction of sp³-hybridized carbons (Fsp3) is 0.286. The van der Waals surface area contributed by atoms with Crippen molar-refractivity contribution < 1.29 is 14.3 Å². The number of hydrogen-bond acceptors (Lipinski definition) is 3. The molecule has 1 unspecified atom stereocenters. The molecule has 1 aliphatic heterocycles. The van der Waals surface area contributed by atoms with Crippen LogP contribution in [0.1, 0.15) is 29.7 Å². The largest absolute Gasteiger partial charge is 0.493 e. The van der Waals surface area contributed by atoms with Crippen molar-refractivity contribution in [3.05, 3.63) is 65.2 Å². The Morgan fingerprint density at radius 2 is 1.80 bits per heavy atom. The van der Waals surface area contributed by atoms with Gasteiger partial charge in [0.05, 0.1) is 20.3 Å². The fourth-order valence-electron chi connectivity index (χ4n) is 3.30. The van der Waals surface area contributed by atoms with E-state index >= 15 is 0 Å². The van der Waals surface area contributed by atoms with Gasteiger partial charge in [0.1, 0.15) is 0 Å². The van der Waals surface area contributed by atoms with Crippen LogP contribution in [0.3, 0.4) is 0 Å². The Morgan fingerprint density at radius 3 is 2.44 bits per heavy atom. The molecule has 0 bridgehead atoms. The molecule has 4 heteroatoms. The highest BCUT2D eigenvalue weighted by Crippen LogP contribution is 2.38. The van der Waals surface area contributed by atoms with E-state index in [-0.39, 0.29) is 11.9 Å². The van der Waals surface area contributed by atoms with Gasteiger partial charge >= 0.3 is 0 Å². The molecule has 0 fully saturated rings. The molecule has 0 aromatic heterocycles. The zero-order valence-electron chi connectivity index (χ0n) is 14.9. The van der Waals surface area contributed by atoms with Gasteiger partial charge in [0.25, 0.3) is 0 Å². The second-order valence-corrected chi connectivity index (χ2v) is 6.08. The zero-order valence-corrected chi connectivity index (χ0v) is 14.9. The van der Waals surface area contributed by atoms with Crippen LogP contribution < -0.4 is 9.47 Å². The molecule has 25 heavy (non-hydrogen) atoms. The standard InChI is InChI=1S/C21H23NO3/c1-15(23)22-12-11-17-13-20(24-2)21(25-3)14-18(17)19(22)10-9-16-7-5-4-6-8-16/h4-10,13-14,19H,11-12H2,1-3H3/b10-9+. The molecule has 0 saturated heterocycles. The van der Waals surface area contributed by atoms with Crippen molar-refractivity contribution in [2.75, 3.05) is 20.8 Å². The normalized spacial score (nSPS) is 16.6. The third-order valence-corrected chi connectivity index (χ3v) is 4.60. The maximum Gasteiger partial charge on any atom is 0.220 e. The minimum absolute atomic E-state index is 0.0724. The Kier molecular flexibility index (Phi) is 5.08. The predicted octanol–water partition coefficient (Wildman–Crippen LogP) is 3.86. The van der Waals surface area contributed by atoms with Crippen LogP contribution in [0, 0.1) is 0 Å². The molecule has 0 N–H and O–H groups in total. The molecule has 1 heterocycles. The van der Waals surface area contributed by atoms with Crippen LogP contribution in [0.5, 0.6) is 11.5 Å². The summed E-state index contributed by atoms with van der Waals surface area (Å²) in [6.45, 7) is 2.32. The van der Waals surface area contributed by atoms with Gasteiger partial charge in [-0.2, -0.15) is 0 Å². The lowest BCUT2D eigenvalue weighted by atomic mass is 9.91. The summed E-state index contributed by atoms with van der Waals surface area (Å²) in [6, 6.07) is 14.0. The minimum Gasteiger partial charge on any atom is -0.493 e. The van der Waals surface area contributed by atoms with Crippen LogP contribution in [0.4, 0.5) is 0 Å². The molecule has 0 spiro atoms. The summed E-state index contributed by atoms with van der Waals surface area (Å²) in [7, 11) is 3.27. The van der Waals surface area contributed by atoms with E-state index in [1.165, 1.54) is 5.56 Å². The molecule has 4 nitrogen and oxygen atoms in total. The van der Waals surface area contributed by atoms with Crippen molar-refractivity contribution >= 4 is 12.0 Å². The van der Waals surface area contributed by atoms with Crippen LogP contribution in [0.25, 0.3) is 6.08 Å². The van der Waals surface area contributed by atoms with E-state index in [9.17, 15) is 4.79 Å². The summed E-state index contributed by atoms with van der Waals surface area (Å²) in [5.74, 6) is 1.48. The van der Waals surface area contributed by atoms with E-state index < -0.39 is 0 Å². The van der Waals surface area contributed by atoms with Crippen molar-refractivity contribution in [3.8, 4) is 11.5 Å². The van der Waals surface area contributed by atoms with Crippen LogP contribution >= 0.6 is 0 Å². The van der Waals surface area contributed by atoms with Crippen molar-refractivity contribution in [2.45, 2.75) is 19.4 Å². The summed E-state index contributed by atoms with van der Waals surface area (Å²) < 4.78 is 10.9. The van der Waals surface area contributed by atoms with E-state index in [4.69, 9.17) is 9.47 Å². The number of nitrogens with zero attached hydrogens (tertiary/aromatic N) is 1. The Labute approximate surface area is 148 Å². The summed E-state index contributed by atoms with van der Waals surface area (Å²) in [5.41, 5.74) is 3.39. The van der Waals surface area contributed by atoms with Gasteiger partial charge in [-0.1, -0.05) is 42.5 Å². The Morgan fingerprint density at radius 1 is 1.12 bits per heavy atom. The Balaban J connectivity index is 2.04. The number of fused-ring (bicyclic) bond motifs is 1. The van der Waals surface area contributed by atoms with Crippen LogP contribution in [0.2, 0.25) is 0 Å². The second kappa shape index (κ2) is 7.43. The zero-order chi connectivity index (χ0) is 17.8. The number of carbonyl (C=O) groups excluding carboxylic acids is 1. The van der Waals surface area contributed by atoms with Gasteiger partial charge in [-0.05, 0) is 35.2 Å². The quantitative estimate of drug-likeness (QED) is 0.850. The molecule has 3 rings (SSSR count). The van der Waals surface area contributed by atoms with Crippen molar-refractivity contribution in [1.82, 2.24) is 4.90 Å². The number of ether oxygens (including phenoxy) is 2. The number of carbonyl (C=O) groups is 1. The predicted molar refractivity (Wildman–Crippen MR) is 98.9 cm³/mol. The maximum atomic E-state index is 12.1. The summed E-state index contributed by atoms with van der Waals surface area (Å²) in [6.07, 6.45) is 4.96. The molecular weight excluding hydrogens is 314 g/mol. The average Bonchev–Trinajstić information content (AvgIpc) is 2.65. The van der Waals surface area contributed by atoms with Gasteiger partial charge in [0.2, 0.25) is 5.91 Å². The molecule has 2 aromatic rings. The first-order valence-corrected chi connectivity index (χ1v) is 8.39. The summed E-state index contributed by atoms with van der Waals surface area (Å²) in [4.78, 5) is 14.0. The van der Waals surface area contributed by atoms with Gasteiger partial charge in [0, 0.05) is 13.5 Å². The lowest BCUT2D eigenvalue weighted by Crippen LogP contribution is -2.37. The van der Waals surface area contributed by atoms with Crippen LogP contribution in [-0.4, -0.2) is 31.6 Å². The molecule has 0 saturated carbocycles.